The fourth-order valence-corrected chi connectivity index (χ4v) is 4.66. The SMILES string of the molecule is C/C=C(\I)CN1[C@H]2Cc3c([nH]c4ccccc34)[C@]1(C)CCC2=O. The molecule has 0 unspecified atom stereocenters. The van der Waals surface area contributed by atoms with Gasteiger partial charge in [0.05, 0.1) is 11.6 Å². The van der Waals surface area contributed by atoms with Gasteiger partial charge in [0.2, 0.25) is 0 Å². The summed E-state index contributed by atoms with van der Waals surface area (Å²) in [4.78, 5) is 18.7. The van der Waals surface area contributed by atoms with Gasteiger partial charge in [-0.25, -0.2) is 0 Å². The zero-order valence-electron chi connectivity index (χ0n) is 13.5. The van der Waals surface area contributed by atoms with Crippen molar-refractivity contribution in [2.45, 2.75) is 44.7 Å². The molecule has 2 aliphatic heterocycles. The van der Waals surface area contributed by atoms with Crippen LogP contribution in [0.3, 0.4) is 0 Å². The first-order chi connectivity index (χ1) is 11.0. The third-order valence-electron chi connectivity index (χ3n) is 5.62. The first-order valence-corrected chi connectivity index (χ1v) is 9.32. The molecule has 2 aliphatic rings. The topological polar surface area (TPSA) is 36.1 Å². The number of nitrogens with one attached hydrogen (secondary N) is 1. The van der Waals surface area contributed by atoms with Gasteiger partial charge in [-0.3, -0.25) is 9.69 Å². The van der Waals surface area contributed by atoms with Gasteiger partial charge >= 0.3 is 0 Å². The lowest BCUT2D eigenvalue weighted by Gasteiger charge is -2.52. The molecule has 1 aromatic carbocycles. The number of Topliss-reactive ketones (excluding diaryl/α,β-unsaturated/α-hetero) is 1. The Bertz CT molecular complexity index is 822. The maximum atomic E-state index is 12.6. The minimum atomic E-state index is -0.0788. The van der Waals surface area contributed by atoms with Crippen LogP contribution in [0.4, 0.5) is 0 Å². The van der Waals surface area contributed by atoms with Crippen molar-refractivity contribution >= 4 is 39.3 Å². The van der Waals surface area contributed by atoms with Crippen LogP contribution in [0.5, 0.6) is 0 Å². The predicted octanol–water partition coefficient (Wildman–Crippen LogP) is 4.31. The standard InChI is InChI=1S/C19H21IN2O/c1-3-12(20)11-22-16-10-14-13-6-4-5-7-15(13)21-18(14)19(22,2)9-8-17(16)23/h3-7,16,21H,8-11H2,1-2H3/b12-3-/t16-,19-/m0/s1. The highest BCUT2D eigenvalue weighted by atomic mass is 127. The lowest BCUT2D eigenvalue weighted by Crippen LogP contribution is -2.60. The molecule has 1 N–H and O–H groups in total. The van der Waals surface area contributed by atoms with Gasteiger partial charge < -0.3 is 4.98 Å². The van der Waals surface area contributed by atoms with Crippen molar-refractivity contribution in [3.05, 3.63) is 45.2 Å². The molecule has 120 valence electrons. The molecular weight excluding hydrogens is 399 g/mol. The minimum absolute atomic E-state index is 0.0187. The Morgan fingerprint density at radius 2 is 2.26 bits per heavy atom. The largest absolute Gasteiger partial charge is 0.357 e. The lowest BCUT2D eigenvalue weighted by atomic mass is 9.73. The van der Waals surface area contributed by atoms with E-state index >= 15 is 0 Å². The number of aromatic nitrogens is 1. The Balaban J connectivity index is 1.91. The van der Waals surface area contributed by atoms with Gasteiger partial charge in [0.25, 0.3) is 0 Å². The van der Waals surface area contributed by atoms with E-state index in [-0.39, 0.29) is 11.6 Å². The average Bonchev–Trinajstić information content (AvgIpc) is 2.93. The number of carbonyl (C=O) groups is 1. The number of hydrogen-bond donors (Lipinski definition) is 1. The molecule has 2 atom stereocenters. The van der Waals surface area contributed by atoms with Crippen LogP contribution < -0.4 is 0 Å². The van der Waals surface area contributed by atoms with E-state index in [4.69, 9.17) is 0 Å². The van der Waals surface area contributed by atoms with E-state index in [9.17, 15) is 4.79 Å². The number of benzene rings is 1. The molecule has 0 radical (unpaired) electrons. The van der Waals surface area contributed by atoms with Crippen LogP contribution >= 0.6 is 22.6 Å². The highest BCUT2D eigenvalue weighted by Gasteiger charge is 2.50. The molecule has 0 spiro atoms. The Morgan fingerprint density at radius 3 is 3.04 bits per heavy atom. The Morgan fingerprint density at radius 1 is 1.48 bits per heavy atom. The second-order valence-electron chi connectivity index (χ2n) is 6.85. The van der Waals surface area contributed by atoms with Gasteiger partial charge in [-0.2, -0.15) is 0 Å². The molecule has 0 aliphatic carbocycles. The number of para-hydroxylation sites is 1. The number of aromatic amines is 1. The number of piperidine rings is 1. The first-order valence-electron chi connectivity index (χ1n) is 8.25. The Kier molecular flexibility index (Phi) is 3.65. The number of halogens is 1. The van der Waals surface area contributed by atoms with Crippen LogP contribution in [0.25, 0.3) is 10.9 Å². The van der Waals surface area contributed by atoms with E-state index in [1.54, 1.807) is 0 Å². The van der Waals surface area contributed by atoms with Crippen LogP contribution in [0.15, 0.2) is 33.9 Å². The molecule has 1 saturated heterocycles. The van der Waals surface area contributed by atoms with Crippen molar-refractivity contribution in [2.75, 3.05) is 6.54 Å². The van der Waals surface area contributed by atoms with Crippen LogP contribution in [0, 0.1) is 0 Å². The summed E-state index contributed by atoms with van der Waals surface area (Å²) in [6.45, 7) is 5.23. The number of fused-ring (bicyclic) bond motifs is 6. The number of rotatable bonds is 2. The summed E-state index contributed by atoms with van der Waals surface area (Å²) in [6.07, 6.45) is 4.57. The summed E-state index contributed by atoms with van der Waals surface area (Å²) in [5, 5.41) is 1.29. The molecule has 1 fully saturated rings. The lowest BCUT2D eigenvalue weighted by molar-refractivity contribution is -0.134. The molecule has 2 aromatic rings. The van der Waals surface area contributed by atoms with Crippen molar-refractivity contribution in [3.63, 3.8) is 0 Å². The van der Waals surface area contributed by atoms with Gasteiger partial charge in [0, 0.05) is 33.1 Å². The molecule has 4 rings (SSSR count). The first kappa shape index (κ1) is 15.4. The minimum Gasteiger partial charge on any atom is -0.357 e. The quantitative estimate of drug-likeness (QED) is 0.736. The molecule has 3 heterocycles. The van der Waals surface area contributed by atoms with Gasteiger partial charge in [-0.05, 0) is 60.9 Å². The number of H-pyrrole nitrogens is 1. The van der Waals surface area contributed by atoms with Crippen LogP contribution in [-0.4, -0.2) is 28.3 Å². The maximum absolute atomic E-state index is 12.6. The van der Waals surface area contributed by atoms with Crippen molar-refractivity contribution in [1.82, 2.24) is 9.88 Å². The summed E-state index contributed by atoms with van der Waals surface area (Å²) in [5.74, 6) is 0.402. The van der Waals surface area contributed by atoms with Crippen LogP contribution in [0.2, 0.25) is 0 Å². The second kappa shape index (κ2) is 5.45. The predicted molar refractivity (Wildman–Crippen MR) is 102 cm³/mol. The van der Waals surface area contributed by atoms with E-state index in [0.29, 0.717) is 12.2 Å². The second-order valence-corrected chi connectivity index (χ2v) is 8.23. The van der Waals surface area contributed by atoms with Crippen molar-refractivity contribution in [3.8, 4) is 0 Å². The van der Waals surface area contributed by atoms with Gasteiger partial charge in [-0.15, -0.1) is 0 Å². The van der Waals surface area contributed by atoms with E-state index in [1.807, 2.05) is 0 Å². The summed E-state index contributed by atoms with van der Waals surface area (Å²) in [5.41, 5.74) is 3.79. The van der Waals surface area contributed by atoms with E-state index < -0.39 is 0 Å². The molecule has 2 bridgehead atoms. The Hall–Kier alpha value is -1.14. The van der Waals surface area contributed by atoms with Gasteiger partial charge in [0.15, 0.2) is 0 Å². The van der Waals surface area contributed by atoms with Gasteiger partial charge in [0.1, 0.15) is 5.78 Å². The fraction of sp³-hybridized carbons (Fsp3) is 0.421. The molecule has 3 nitrogen and oxygen atoms in total. The average molecular weight is 420 g/mol. The van der Waals surface area contributed by atoms with E-state index in [1.165, 1.54) is 25.7 Å². The summed E-state index contributed by atoms with van der Waals surface area (Å²) >= 11 is 2.39. The van der Waals surface area contributed by atoms with Crippen LogP contribution in [-0.2, 0) is 16.8 Å². The third-order valence-corrected chi connectivity index (χ3v) is 6.59. The number of carbonyl (C=O) groups excluding carboxylic acids is 1. The van der Waals surface area contributed by atoms with E-state index in [2.05, 4.69) is 76.7 Å². The summed E-state index contributed by atoms with van der Waals surface area (Å²) in [6, 6.07) is 8.50. The van der Waals surface area contributed by atoms with Crippen molar-refractivity contribution in [1.29, 1.82) is 0 Å². The molecule has 1 aromatic heterocycles. The number of ketones is 1. The normalized spacial score (nSPS) is 28.2. The Labute approximate surface area is 150 Å². The molecular formula is C19H21IN2O. The third kappa shape index (κ3) is 2.22. The fourth-order valence-electron chi connectivity index (χ4n) is 4.29. The molecule has 23 heavy (non-hydrogen) atoms. The zero-order chi connectivity index (χ0) is 16.2. The highest BCUT2D eigenvalue weighted by molar-refractivity contribution is 14.1. The van der Waals surface area contributed by atoms with Gasteiger partial charge in [-0.1, -0.05) is 24.3 Å². The van der Waals surface area contributed by atoms with E-state index in [0.717, 1.165) is 19.4 Å². The summed E-state index contributed by atoms with van der Waals surface area (Å²) < 4.78 is 1.30. The molecule has 0 amide bonds. The highest BCUT2D eigenvalue weighted by Crippen LogP contribution is 2.47. The molecule has 4 heteroatoms. The number of hydrogen-bond acceptors (Lipinski definition) is 2. The summed E-state index contributed by atoms with van der Waals surface area (Å²) in [7, 11) is 0. The number of nitrogens with zero attached hydrogens (tertiary/aromatic N) is 1. The number of allylic oxidation sites excluding steroid dienone is 1. The van der Waals surface area contributed by atoms with Crippen molar-refractivity contribution < 1.29 is 4.79 Å². The van der Waals surface area contributed by atoms with Crippen molar-refractivity contribution in [2.24, 2.45) is 0 Å². The monoisotopic (exact) mass is 420 g/mol. The zero-order valence-corrected chi connectivity index (χ0v) is 15.7. The maximum Gasteiger partial charge on any atom is 0.150 e. The molecule has 0 saturated carbocycles. The smallest absolute Gasteiger partial charge is 0.150 e. The van der Waals surface area contributed by atoms with Crippen LogP contribution in [0.1, 0.15) is 37.9 Å².